The van der Waals surface area contributed by atoms with Gasteiger partial charge in [-0.05, 0) is 55.3 Å². The molecule has 3 aliphatic carbocycles. The van der Waals surface area contributed by atoms with Gasteiger partial charge in [-0.3, -0.25) is 0 Å². The largest absolute Gasteiger partial charge is 0.0620 e. The summed E-state index contributed by atoms with van der Waals surface area (Å²) in [5, 5.41) is 0. The van der Waals surface area contributed by atoms with Gasteiger partial charge in [0, 0.05) is 0 Å². The molecule has 1 spiro atoms. The van der Waals surface area contributed by atoms with Crippen LogP contribution in [0.2, 0.25) is 0 Å². The minimum atomic E-state index is 0.907. The minimum absolute atomic E-state index is 0.907. The molecule has 0 aromatic heterocycles. The normalized spacial score (nSPS) is 63.9. The Morgan fingerprint density at radius 2 is 2.20 bits per heavy atom. The maximum absolute atomic E-state index is 2.48. The summed E-state index contributed by atoms with van der Waals surface area (Å²) in [4.78, 5) is 0. The van der Waals surface area contributed by atoms with Crippen molar-refractivity contribution in [1.82, 2.24) is 0 Å². The van der Waals surface area contributed by atoms with Crippen molar-refractivity contribution in [2.45, 2.75) is 39.0 Å². The molecule has 0 saturated heterocycles. The molecule has 0 heteroatoms. The van der Waals surface area contributed by atoms with E-state index in [9.17, 15) is 0 Å². The molecule has 0 aromatic carbocycles. The molecule has 0 aliphatic heterocycles. The SMILES string of the molecule is CC1CC2CC3CCC12C3. The van der Waals surface area contributed by atoms with E-state index in [4.69, 9.17) is 0 Å². The Labute approximate surface area is 63.0 Å². The number of rotatable bonds is 0. The lowest BCUT2D eigenvalue weighted by Crippen LogP contribution is -2.43. The summed E-state index contributed by atoms with van der Waals surface area (Å²) in [6.07, 6.45) is 7.93. The molecule has 3 rings (SSSR count). The summed E-state index contributed by atoms with van der Waals surface area (Å²) in [5.74, 6) is 3.43. The topological polar surface area (TPSA) is 0 Å². The van der Waals surface area contributed by atoms with Crippen molar-refractivity contribution < 1.29 is 0 Å². The lowest BCUT2D eigenvalue weighted by molar-refractivity contribution is -0.0202. The van der Waals surface area contributed by atoms with Crippen LogP contribution in [0.5, 0.6) is 0 Å². The van der Waals surface area contributed by atoms with Crippen LogP contribution in [0.1, 0.15) is 39.0 Å². The van der Waals surface area contributed by atoms with Crippen molar-refractivity contribution >= 4 is 0 Å². The van der Waals surface area contributed by atoms with E-state index in [2.05, 4.69) is 6.92 Å². The highest BCUT2D eigenvalue weighted by molar-refractivity contribution is 5.10. The van der Waals surface area contributed by atoms with Crippen LogP contribution in [0.15, 0.2) is 0 Å². The molecule has 3 fully saturated rings. The molecule has 3 aliphatic rings. The Kier molecular flexibility index (Phi) is 0.810. The monoisotopic (exact) mass is 136 g/mol. The zero-order valence-electron chi connectivity index (χ0n) is 6.77. The highest BCUT2D eigenvalue weighted by Crippen LogP contribution is 2.70. The second-order valence-electron chi connectivity index (χ2n) is 4.91. The van der Waals surface area contributed by atoms with Crippen molar-refractivity contribution in [1.29, 1.82) is 0 Å². The third-order valence-electron chi connectivity index (χ3n) is 4.74. The Bertz CT molecular complexity index is 173. The second kappa shape index (κ2) is 1.44. The third-order valence-corrected chi connectivity index (χ3v) is 4.74. The molecule has 0 N–H and O–H groups in total. The van der Waals surface area contributed by atoms with E-state index in [1.165, 1.54) is 5.92 Å². The van der Waals surface area contributed by atoms with Crippen LogP contribution >= 0.6 is 0 Å². The Morgan fingerprint density at radius 1 is 1.30 bits per heavy atom. The molecular weight excluding hydrogens is 120 g/mol. The Morgan fingerprint density at radius 3 is 2.70 bits per heavy atom. The average molecular weight is 136 g/mol. The van der Waals surface area contributed by atoms with Crippen LogP contribution < -0.4 is 0 Å². The molecule has 3 saturated carbocycles. The highest BCUT2D eigenvalue weighted by Gasteiger charge is 2.60. The van der Waals surface area contributed by atoms with Crippen LogP contribution in [-0.2, 0) is 0 Å². The van der Waals surface area contributed by atoms with Crippen molar-refractivity contribution in [3.8, 4) is 0 Å². The van der Waals surface area contributed by atoms with Gasteiger partial charge >= 0.3 is 0 Å². The molecule has 0 amide bonds. The maximum Gasteiger partial charge on any atom is -0.0240 e. The number of hydrogen-bond donors (Lipinski definition) is 0. The fourth-order valence-electron chi connectivity index (χ4n) is 4.11. The van der Waals surface area contributed by atoms with Gasteiger partial charge in [-0.25, -0.2) is 0 Å². The summed E-state index contributed by atoms with van der Waals surface area (Å²) in [6, 6.07) is 0. The van der Waals surface area contributed by atoms with Gasteiger partial charge < -0.3 is 0 Å². The number of fused-ring (bicyclic) bond motifs is 1. The van der Waals surface area contributed by atoms with Crippen LogP contribution in [0.3, 0.4) is 0 Å². The summed E-state index contributed by atoms with van der Waals surface area (Å²) in [5.41, 5.74) is 0.907. The van der Waals surface area contributed by atoms with Gasteiger partial charge in [-0.15, -0.1) is 0 Å². The quantitative estimate of drug-likeness (QED) is 0.480. The van der Waals surface area contributed by atoms with Crippen LogP contribution in [0.25, 0.3) is 0 Å². The highest BCUT2D eigenvalue weighted by atomic mass is 14.7. The summed E-state index contributed by atoms with van der Waals surface area (Å²) < 4.78 is 0. The first-order valence-electron chi connectivity index (χ1n) is 4.81. The van der Waals surface area contributed by atoms with Gasteiger partial charge in [0.2, 0.25) is 0 Å². The molecule has 56 valence electrons. The lowest BCUT2D eigenvalue weighted by atomic mass is 9.54. The van der Waals surface area contributed by atoms with E-state index in [0.717, 1.165) is 17.3 Å². The van der Waals surface area contributed by atoms with E-state index < -0.39 is 0 Å². The Hall–Kier alpha value is 0. The molecule has 4 unspecified atom stereocenters. The fourth-order valence-corrected chi connectivity index (χ4v) is 4.11. The van der Waals surface area contributed by atoms with Crippen LogP contribution in [0.4, 0.5) is 0 Å². The first kappa shape index (κ1) is 5.62. The van der Waals surface area contributed by atoms with Crippen molar-refractivity contribution in [2.75, 3.05) is 0 Å². The van der Waals surface area contributed by atoms with Crippen molar-refractivity contribution in [2.24, 2.45) is 23.2 Å². The second-order valence-corrected chi connectivity index (χ2v) is 4.91. The van der Waals surface area contributed by atoms with E-state index in [-0.39, 0.29) is 0 Å². The van der Waals surface area contributed by atoms with Crippen molar-refractivity contribution in [3.63, 3.8) is 0 Å². The molecule has 0 heterocycles. The molecule has 0 radical (unpaired) electrons. The Balaban J connectivity index is 1.98. The first-order chi connectivity index (χ1) is 4.81. The maximum atomic E-state index is 2.48. The summed E-state index contributed by atoms with van der Waals surface area (Å²) in [7, 11) is 0. The molecule has 2 bridgehead atoms. The molecular formula is C10H16. The average Bonchev–Trinajstić information content (AvgIpc) is 2.43. The van der Waals surface area contributed by atoms with Crippen LogP contribution in [-0.4, -0.2) is 0 Å². The summed E-state index contributed by atoms with van der Waals surface area (Å²) in [6.45, 7) is 2.48. The zero-order chi connectivity index (χ0) is 6.77. The van der Waals surface area contributed by atoms with E-state index in [1.807, 2.05) is 0 Å². The van der Waals surface area contributed by atoms with Gasteiger partial charge in [0.15, 0.2) is 0 Å². The van der Waals surface area contributed by atoms with E-state index >= 15 is 0 Å². The molecule has 0 nitrogen and oxygen atoms in total. The van der Waals surface area contributed by atoms with Gasteiger partial charge in [0.1, 0.15) is 0 Å². The predicted octanol–water partition coefficient (Wildman–Crippen LogP) is 2.83. The lowest BCUT2D eigenvalue weighted by Gasteiger charge is -2.51. The molecule has 0 aromatic rings. The number of hydrogen-bond acceptors (Lipinski definition) is 0. The van der Waals surface area contributed by atoms with Crippen molar-refractivity contribution in [3.05, 3.63) is 0 Å². The zero-order valence-corrected chi connectivity index (χ0v) is 6.77. The van der Waals surface area contributed by atoms with Gasteiger partial charge in [0.25, 0.3) is 0 Å². The molecule has 10 heavy (non-hydrogen) atoms. The van der Waals surface area contributed by atoms with Gasteiger partial charge in [-0.1, -0.05) is 6.92 Å². The third kappa shape index (κ3) is 0.408. The molecule has 4 atom stereocenters. The van der Waals surface area contributed by atoms with Gasteiger partial charge in [0.05, 0.1) is 0 Å². The van der Waals surface area contributed by atoms with Crippen LogP contribution in [0, 0.1) is 23.2 Å². The smallest absolute Gasteiger partial charge is 0.0240 e. The van der Waals surface area contributed by atoms with E-state index in [1.54, 1.807) is 32.1 Å². The fraction of sp³-hybridized carbons (Fsp3) is 1.00. The minimum Gasteiger partial charge on any atom is -0.0620 e. The van der Waals surface area contributed by atoms with Gasteiger partial charge in [-0.2, -0.15) is 0 Å². The predicted molar refractivity (Wildman–Crippen MR) is 41.7 cm³/mol. The standard InChI is InChI=1S/C10H16/c1-7-4-9-5-8-2-3-10(7,9)6-8/h7-9H,2-6H2,1H3. The first-order valence-corrected chi connectivity index (χ1v) is 4.81. The van der Waals surface area contributed by atoms with E-state index in [0.29, 0.717) is 0 Å². The summed E-state index contributed by atoms with van der Waals surface area (Å²) >= 11 is 0.